The van der Waals surface area contributed by atoms with Crippen molar-refractivity contribution in [1.29, 1.82) is 0 Å². The molecule has 0 aromatic carbocycles. The maximum Gasteiger partial charge on any atom is 0.313 e. The second kappa shape index (κ2) is 9.71. The summed E-state index contributed by atoms with van der Waals surface area (Å²) in [4.78, 5) is 48.1. The van der Waals surface area contributed by atoms with Gasteiger partial charge in [0, 0.05) is 0 Å². The van der Waals surface area contributed by atoms with Crippen LogP contribution in [-0.4, -0.2) is 36.1 Å². The Hall–Kier alpha value is -2.38. The second-order valence-corrected chi connectivity index (χ2v) is 7.53. The van der Waals surface area contributed by atoms with Gasteiger partial charge in [0.05, 0.1) is 23.8 Å². The summed E-state index contributed by atoms with van der Waals surface area (Å²) in [5.41, 5.74) is -1.61. The van der Waals surface area contributed by atoms with Gasteiger partial charge in [-0.05, 0) is 76.4 Å². The van der Waals surface area contributed by atoms with Crippen LogP contribution in [0.1, 0.15) is 65.2 Å². The highest BCUT2D eigenvalue weighted by atomic mass is 16.5. The molecule has 2 unspecified atom stereocenters. The van der Waals surface area contributed by atoms with Crippen LogP contribution >= 0.6 is 0 Å². The molecule has 28 heavy (non-hydrogen) atoms. The first-order valence-corrected chi connectivity index (χ1v) is 9.80. The number of ether oxygens (including phenoxy) is 2. The van der Waals surface area contributed by atoms with Crippen LogP contribution in [-0.2, 0) is 28.7 Å². The van der Waals surface area contributed by atoms with Crippen molar-refractivity contribution in [2.45, 2.75) is 77.4 Å². The summed E-state index contributed by atoms with van der Waals surface area (Å²) in [7, 11) is 0. The summed E-state index contributed by atoms with van der Waals surface area (Å²) in [5.74, 6) is -8.26. The first kappa shape index (κ1) is 21.9. The third kappa shape index (κ3) is 5.33. The van der Waals surface area contributed by atoms with E-state index in [2.05, 4.69) is 0 Å². The number of aliphatic carboxylic acids is 2. The van der Waals surface area contributed by atoms with E-state index in [-0.39, 0.29) is 12.2 Å². The third-order valence-corrected chi connectivity index (χ3v) is 5.47. The summed E-state index contributed by atoms with van der Waals surface area (Å²) in [6.45, 7) is 2.45. The predicted molar refractivity (Wildman–Crippen MR) is 92.1 cm³/mol. The molecule has 2 rings (SSSR count). The van der Waals surface area contributed by atoms with Crippen LogP contribution in [0, 0.1) is 11.8 Å². The molecule has 2 atom stereocenters. The van der Waals surface area contributed by atoms with E-state index in [1.165, 1.54) is 13.8 Å². The highest BCUT2D eigenvalue weighted by molar-refractivity contribution is 6.04. The lowest BCUT2D eigenvalue weighted by Gasteiger charge is -2.26. The molecule has 8 heteroatoms. The minimum Gasteiger partial charge on any atom is -0.545 e. The number of carboxylic acids is 2. The second-order valence-electron chi connectivity index (χ2n) is 7.53. The van der Waals surface area contributed by atoms with Gasteiger partial charge >= 0.3 is 11.9 Å². The minimum absolute atomic E-state index is 0.311. The minimum atomic E-state index is -1.85. The average Bonchev–Trinajstić information content (AvgIpc) is 3.31. The molecule has 2 fully saturated rings. The standard InChI is InChI=1S/C20H28O8/c1-11(19(25)27-13-7-3-4-8-13)15(17(21)22)16(18(23)24)12(2)20(26)28-14-9-5-6-10-14/h11-14H,3-10H2,1-2H3,(H,21,22)(H,23,24)/p-2/b16-15+. The quantitative estimate of drug-likeness (QED) is 0.416. The van der Waals surface area contributed by atoms with Crippen LogP contribution in [0.4, 0.5) is 0 Å². The third-order valence-electron chi connectivity index (χ3n) is 5.47. The molecule has 0 bridgehead atoms. The van der Waals surface area contributed by atoms with Crippen molar-refractivity contribution in [2.24, 2.45) is 11.8 Å². The van der Waals surface area contributed by atoms with Crippen LogP contribution in [0.15, 0.2) is 11.1 Å². The molecule has 2 aliphatic rings. The molecular weight excluding hydrogens is 368 g/mol. The maximum atomic E-state index is 12.4. The van der Waals surface area contributed by atoms with Gasteiger partial charge in [0.25, 0.3) is 0 Å². The molecular formula is C20H26O8-2. The Labute approximate surface area is 163 Å². The van der Waals surface area contributed by atoms with Gasteiger partial charge in [-0.1, -0.05) is 0 Å². The van der Waals surface area contributed by atoms with Crippen LogP contribution in [0.25, 0.3) is 0 Å². The normalized spacial score (nSPS) is 20.9. The van der Waals surface area contributed by atoms with Crippen molar-refractivity contribution in [3.05, 3.63) is 11.1 Å². The summed E-state index contributed by atoms with van der Waals surface area (Å²) >= 11 is 0. The van der Waals surface area contributed by atoms with E-state index in [1.54, 1.807) is 0 Å². The molecule has 8 nitrogen and oxygen atoms in total. The van der Waals surface area contributed by atoms with Gasteiger partial charge in [-0.2, -0.15) is 0 Å². The van der Waals surface area contributed by atoms with Crippen molar-refractivity contribution in [3.63, 3.8) is 0 Å². The molecule has 0 amide bonds. The van der Waals surface area contributed by atoms with Gasteiger partial charge < -0.3 is 29.3 Å². The highest BCUT2D eigenvalue weighted by Gasteiger charge is 2.32. The van der Waals surface area contributed by atoms with E-state index in [0.29, 0.717) is 25.7 Å². The Balaban J connectivity index is 2.25. The van der Waals surface area contributed by atoms with E-state index >= 15 is 0 Å². The van der Waals surface area contributed by atoms with E-state index < -0.39 is 46.9 Å². The topological polar surface area (TPSA) is 133 Å². The molecule has 0 heterocycles. The number of carboxylic acid groups (broad SMARTS) is 2. The zero-order valence-electron chi connectivity index (χ0n) is 16.2. The molecule has 156 valence electrons. The Morgan fingerprint density at radius 3 is 1.21 bits per heavy atom. The number of hydrogen-bond acceptors (Lipinski definition) is 8. The maximum absolute atomic E-state index is 12.4. The molecule has 0 spiro atoms. The first-order valence-electron chi connectivity index (χ1n) is 9.80. The molecule has 2 saturated carbocycles. The highest BCUT2D eigenvalue weighted by Crippen LogP contribution is 2.28. The molecule has 0 aromatic rings. The van der Waals surface area contributed by atoms with Crippen molar-refractivity contribution < 1.29 is 38.9 Å². The number of hydrogen-bond donors (Lipinski definition) is 0. The first-order chi connectivity index (χ1) is 13.2. The van der Waals surface area contributed by atoms with E-state index in [4.69, 9.17) is 9.47 Å². The average molecular weight is 394 g/mol. The largest absolute Gasteiger partial charge is 0.545 e. The summed E-state index contributed by atoms with van der Waals surface area (Å²) in [6, 6.07) is 0. The van der Waals surface area contributed by atoms with Crippen LogP contribution in [0.2, 0.25) is 0 Å². The molecule has 2 aliphatic carbocycles. The van der Waals surface area contributed by atoms with E-state index in [0.717, 1.165) is 25.7 Å². The fraction of sp³-hybridized carbons (Fsp3) is 0.700. The monoisotopic (exact) mass is 394 g/mol. The van der Waals surface area contributed by atoms with Crippen LogP contribution < -0.4 is 10.2 Å². The van der Waals surface area contributed by atoms with E-state index in [9.17, 15) is 29.4 Å². The van der Waals surface area contributed by atoms with Crippen molar-refractivity contribution in [2.75, 3.05) is 0 Å². The van der Waals surface area contributed by atoms with Gasteiger partial charge in [0.1, 0.15) is 12.2 Å². The van der Waals surface area contributed by atoms with Gasteiger partial charge in [-0.25, -0.2) is 0 Å². The summed E-state index contributed by atoms with van der Waals surface area (Å²) in [5, 5.41) is 23.4. The molecule has 0 aliphatic heterocycles. The number of esters is 2. The lowest BCUT2D eigenvalue weighted by Crippen LogP contribution is -2.40. The Morgan fingerprint density at radius 1 is 0.679 bits per heavy atom. The van der Waals surface area contributed by atoms with Crippen LogP contribution in [0.3, 0.4) is 0 Å². The van der Waals surface area contributed by atoms with Gasteiger partial charge in [0.2, 0.25) is 0 Å². The Morgan fingerprint density at radius 2 is 0.964 bits per heavy atom. The summed E-state index contributed by atoms with van der Waals surface area (Å²) in [6.07, 6.45) is 5.73. The number of carbonyl (C=O) groups is 4. The van der Waals surface area contributed by atoms with Crippen molar-refractivity contribution in [3.8, 4) is 0 Å². The lowest BCUT2D eigenvalue weighted by atomic mass is 9.88. The SMILES string of the molecule is CC(C(=O)OC1CCCC1)/C(C(=O)[O-])=C(\C(=O)[O-])C(C)C(=O)OC1CCCC1. The molecule has 0 saturated heterocycles. The smallest absolute Gasteiger partial charge is 0.313 e. The van der Waals surface area contributed by atoms with Crippen molar-refractivity contribution >= 4 is 23.9 Å². The Bertz CT molecular complexity index is 597. The predicted octanol–water partition coefficient (Wildman–Crippen LogP) is 0.0266. The molecule has 0 N–H and O–H groups in total. The zero-order valence-corrected chi connectivity index (χ0v) is 16.2. The summed E-state index contributed by atoms with van der Waals surface area (Å²) < 4.78 is 10.6. The van der Waals surface area contributed by atoms with Crippen molar-refractivity contribution in [1.82, 2.24) is 0 Å². The van der Waals surface area contributed by atoms with Gasteiger partial charge in [-0.15, -0.1) is 0 Å². The molecule has 0 aromatic heterocycles. The van der Waals surface area contributed by atoms with Crippen LogP contribution in [0.5, 0.6) is 0 Å². The van der Waals surface area contributed by atoms with Gasteiger partial charge in [-0.3, -0.25) is 9.59 Å². The fourth-order valence-electron chi connectivity index (χ4n) is 3.82. The van der Waals surface area contributed by atoms with Gasteiger partial charge in [0.15, 0.2) is 0 Å². The number of rotatable bonds is 8. The zero-order chi connectivity index (χ0) is 20.8. The number of carbonyl (C=O) groups excluding carboxylic acids is 4. The fourth-order valence-corrected chi connectivity index (χ4v) is 3.82. The van der Waals surface area contributed by atoms with E-state index in [1.807, 2.05) is 0 Å². The Kier molecular flexibility index (Phi) is 7.60. The lowest BCUT2D eigenvalue weighted by molar-refractivity contribution is -0.305. The molecule has 0 radical (unpaired) electrons.